The Balaban J connectivity index is 2.24. The number of nitriles is 1. The fraction of sp³-hybridized carbons (Fsp3) is 0.500. The fourth-order valence-corrected chi connectivity index (χ4v) is 2.62. The summed E-state index contributed by atoms with van der Waals surface area (Å²) in [6.45, 7) is 1.38. The lowest BCUT2D eigenvalue weighted by molar-refractivity contribution is -0.137. The smallest absolute Gasteiger partial charge is 0.304 e. The summed E-state index contributed by atoms with van der Waals surface area (Å²) in [4.78, 5) is 2.00. The third-order valence-electron chi connectivity index (χ3n) is 3.50. The standard InChI is InChI=1S/C14H15F3N2/c1-19-8-10(7-18)5-12(9-19)11-3-2-4-13(6-11)14(15,16)17/h2-4,6,10,12H,5,8-9H2,1H3. The Morgan fingerprint density at radius 3 is 2.68 bits per heavy atom. The summed E-state index contributed by atoms with van der Waals surface area (Å²) >= 11 is 0. The second-order valence-electron chi connectivity index (χ2n) is 5.10. The predicted octanol–water partition coefficient (Wildman–Crippen LogP) is 3.26. The Labute approximate surface area is 110 Å². The first-order chi connectivity index (χ1) is 8.90. The maximum Gasteiger partial charge on any atom is 0.416 e. The molecule has 1 saturated heterocycles. The molecule has 2 atom stereocenters. The van der Waals surface area contributed by atoms with E-state index in [4.69, 9.17) is 5.26 Å². The van der Waals surface area contributed by atoms with Crippen molar-refractivity contribution in [2.45, 2.75) is 18.5 Å². The van der Waals surface area contributed by atoms with Gasteiger partial charge in [0.2, 0.25) is 0 Å². The number of rotatable bonds is 1. The third-order valence-corrected chi connectivity index (χ3v) is 3.50. The first-order valence-corrected chi connectivity index (χ1v) is 6.15. The predicted molar refractivity (Wildman–Crippen MR) is 65.4 cm³/mol. The fourth-order valence-electron chi connectivity index (χ4n) is 2.62. The zero-order valence-corrected chi connectivity index (χ0v) is 10.6. The summed E-state index contributed by atoms with van der Waals surface area (Å²) in [7, 11) is 1.89. The Morgan fingerprint density at radius 1 is 1.32 bits per heavy atom. The van der Waals surface area contributed by atoms with Crippen LogP contribution in [0.5, 0.6) is 0 Å². The number of benzene rings is 1. The third kappa shape index (κ3) is 3.27. The van der Waals surface area contributed by atoms with Gasteiger partial charge >= 0.3 is 6.18 Å². The molecule has 1 aliphatic rings. The lowest BCUT2D eigenvalue weighted by atomic mass is 9.85. The van der Waals surface area contributed by atoms with Gasteiger partial charge in [-0.15, -0.1) is 0 Å². The molecule has 0 amide bonds. The number of piperidine rings is 1. The molecule has 1 aromatic carbocycles. The second kappa shape index (κ2) is 5.22. The van der Waals surface area contributed by atoms with E-state index in [1.54, 1.807) is 6.07 Å². The molecule has 2 rings (SSSR count). The first-order valence-electron chi connectivity index (χ1n) is 6.15. The van der Waals surface area contributed by atoms with Crippen molar-refractivity contribution in [1.82, 2.24) is 4.90 Å². The van der Waals surface area contributed by atoms with Gasteiger partial charge in [-0.3, -0.25) is 0 Å². The van der Waals surface area contributed by atoms with Gasteiger partial charge in [0.1, 0.15) is 0 Å². The summed E-state index contributed by atoms with van der Waals surface area (Å²) in [5, 5.41) is 9.00. The molecule has 0 aromatic heterocycles. The van der Waals surface area contributed by atoms with E-state index >= 15 is 0 Å². The summed E-state index contributed by atoms with van der Waals surface area (Å²) in [6.07, 6.45) is -3.69. The molecule has 0 bridgehead atoms. The minimum atomic E-state index is -4.31. The number of nitrogens with zero attached hydrogens (tertiary/aromatic N) is 2. The monoisotopic (exact) mass is 268 g/mol. The van der Waals surface area contributed by atoms with Gasteiger partial charge in [0.05, 0.1) is 17.6 Å². The van der Waals surface area contributed by atoms with E-state index in [9.17, 15) is 13.2 Å². The molecule has 2 nitrogen and oxygen atoms in total. The normalized spacial score (nSPS) is 25.0. The lowest BCUT2D eigenvalue weighted by Crippen LogP contribution is -2.36. The van der Waals surface area contributed by atoms with E-state index < -0.39 is 11.7 Å². The largest absolute Gasteiger partial charge is 0.416 e. The highest BCUT2D eigenvalue weighted by atomic mass is 19.4. The molecule has 5 heteroatoms. The average molecular weight is 268 g/mol. The van der Waals surface area contributed by atoms with Gasteiger partial charge in [0.15, 0.2) is 0 Å². The minimum absolute atomic E-state index is 0.00861. The van der Waals surface area contributed by atoms with Crippen LogP contribution in [0, 0.1) is 17.2 Å². The highest BCUT2D eigenvalue weighted by molar-refractivity contribution is 5.29. The van der Waals surface area contributed by atoms with Crippen LogP contribution in [0.2, 0.25) is 0 Å². The van der Waals surface area contributed by atoms with Gasteiger partial charge in [-0.25, -0.2) is 0 Å². The molecular formula is C14H15F3N2. The Kier molecular flexibility index (Phi) is 3.81. The minimum Gasteiger partial charge on any atom is -0.304 e. The van der Waals surface area contributed by atoms with Crippen molar-refractivity contribution in [3.05, 3.63) is 35.4 Å². The topological polar surface area (TPSA) is 27.0 Å². The van der Waals surface area contributed by atoms with Crippen LogP contribution in [0.15, 0.2) is 24.3 Å². The summed E-state index contributed by atoms with van der Waals surface area (Å²) in [6, 6.07) is 7.66. The SMILES string of the molecule is CN1CC(C#N)CC(c2cccc(C(F)(F)F)c2)C1. The van der Waals surface area contributed by atoms with Crippen LogP contribution in [0.3, 0.4) is 0 Å². The Bertz CT molecular complexity index is 490. The van der Waals surface area contributed by atoms with E-state index in [1.807, 2.05) is 11.9 Å². The van der Waals surface area contributed by atoms with Crippen molar-refractivity contribution >= 4 is 0 Å². The van der Waals surface area contributed by atoms with Crippen molar-refractivity contribution in [3.63, 3.8) is 0 Å². The van der Waals surface area contributed by atoms with Crippen LogP contribution in [0.1, 0.15) is 23.5 Å². The molecule has 1 fully saturated rings. The van der Waals surface area contributed by atoms with E-state index in [1.165, 1.54) is 12.1 Å². The number of hydrogen-bond acceptors (Lipinski definition) is 2. The highest BCUT2D eigenvalue weighted by Crippen LogP contribution is 2.34. The Hall–Kier alpha value is -1.54. The number of likely N-dealkylation sites (tertiary alicyclic amines) is 1. The van der Waals surface area contributed by atoms with Crippen LogP contribution >= 0.6 is 0 Å². The quantitative estimate of drug-likeness (QED) is 0.781. The van der Waals surface area contributed by atoms with Crippen molar-refractivity contribution in [2.75, 3.05) is 20.1 Å². The zero-order chi connectivity index (χ0) is 14.0. The molecular weight excluding hydrogens is 253 g/mol. The maximum absolute atomic E-state index is 12.7. The number of likely N-dealkylation sites (N-methyl/N-ethyl adjacent to an activating group) is 1. The Morgan fingerprint density at radius 2 is 2.05 bits per heavy atom. The van der Waals surface area contributed by atoms with Gasteiger partial charge < -0.3 is 4.90 Å². The number of alkyl halides is 3. The van der Waals surface area contributed by atoms with Crippen LogP contribution < -0.4 is 0 Å². The molecule has 1 heterocycles. The molecule has 0 N–H and O–H groups in total. The molecule has 19 heavy (non-hydrogen) atoms. The second-order valence-corrected chi connectivity index (χ2v) is 5.10. The van der Waals surface area contributed by atoms with Crippen LogP contribution in [0.25, 0.3) is 0 Å². The maximum atomic E-state index is 12.7. The van der Waals surface area contributed by atoms with Crippen LogP contribution in [-0.4, -0.2) is 25.0 Å². The number of hydrogen-bond donors (Lipinski definition) is 0. The summed E-state index contributed by atoms with van der Waals surface area (Å²) in [5.41, 5.74) is 0.0494. The number of halogens is 3. The molecule has 0 radical (unpaired) electrons. The van der Waals surface area contributed by atoms with Crippen molar-refractivity contribution in [1.29, 1.82) is 5.26 Å². The highest BCUT2D eigenvalue weighted by Gasteiger charge is 2.32. The van der Waals surface area contributed by atoms with Crippen molar-refractivity contribution in [2.24, 2.45) is 5.92 Å². The van der Waals surface area contributed by atoms with E-state index in [0.717, 1.165) is 6.07 Å². The van der Waals surface area contributed by atoms with Gasteiger partial charge in [-0.1, -0.05) is 18.2 Å². The lowest BCUT2D eigenvalue weighted by Gasteiger charge is -2.33. The van der Waals surface area contributed by atoms with Crippen LogP contribution in [0.4, 0.5) is 13.2 Å². The van der Waals surface area contributed by atoms with Gasteiger partial charge in [0, 0.05) is 13.1 Å². The van der Waals surface area contributed by atoms with Crippen molar-refractivity contribution < 1.29 is 13.2 Å². The molecule has 2 unspecified atom stereocenters. The zero-order valence-electron chi connectivity index (χ0n) is 10.6. The van der Waals surface area contributed by atoms with Crippen molar-refractivity contribution in [3.8, 4) is 6.07 Å². The van der Waals surface area contributed by atoms with E-state index in [0.29, 0.717) is 25.1 Å². The molecule has 1 aliphatic heterocycles. The molecule has 102 valence electrons. The average Bonchev–Trinajstić information content (AvgIpc) is 2.37. The molecule has 0 aliphatic carbocycles. The molecule has 0 saturated carbocycles. The van der Waals surface area contributed by atoms with Gasteiger partial charge in [-0.05, 0) is 31.0 Å². The first kappa shape index (κ1) is 13.9. The summed E-state index contributed by atoms with van der Waals surface area (Å²) < 4.78 is 38.1. The van der Waals surface area contributed by atoms with Gasteiger partial charge in [0.25, 0.3) is 0 Å². The van der Waals surface area contributed by atoms with E-state index in [2.05, 4.69) is 6.07 Å². The molecule has 1 aromatic rings. The van der Waals surface area contributed by atoms with Crippen LogP contribution in [-0.2, 0) is 6.18 Å². The van der Waals surface area contributed by atoms with E-state index in [-0.39, 0.29) is 11.8 Å². The molecule has 0 spiro atoms. The van der Waals surface area contributed by atoms with Gasteiger partial charge in [-0.2, -0.15) is 18.4 Å². The summed E-state index contributed by atoms with van der Waals surface area (Å²) in [5.74, 6) is -0.121.